The Kier molecular flexibility index (Phi) is 1.69. The van der Waals surface area contributed by atoms with Crippen molar-refractivity contribution in [1.29, 1.82) is 0 Å². The van der Waals surface area contributed by atoms with E-state index in [-0.39, 0.29) is 0 Å². The van der Waals surface area contributed by atoms with Gasteiger partial charge in [0, 0.05) is 0 Å². The molecule has 0 spiro atoms. The minimum atomic E-state index is -1.36. The Balaban J connectivity index is 2.15. The van der Waals surface area contributed by atoms with Crippen molar-refractivity contribution in [3.05, 3.63) is 12.2 Å². The topological polar surface area (TPSA) is 0 Å². The van der Waals surface area contributed by atoms with E-state index in [0.29, 0.717) is 0 Å². The summed E-state index contributed by atoms with van der Waals surface area (Å²) >= 11 is 6.44. The molecule has 11 heavy (non-hydrogen) atoms. The van der Waals surface area contributed by atoms with E-state index in [1.165, 1.54) is 12.8 Å². The molecule has 3 atom stereocenters. The smallest absolute Gasteiger partial charge is 0.154 e. The van der Waals surface area contributed by atoms with Gasteiger partial charge < -0.3 is 0 Å². The van der Waals surface area contributed by atoms with E-state index in [1.807, 2.05) is 0 Å². The lowest BCUT2D eigenvalue weighted by molar-refractivity contribution is 0.681. The summed E-state index contributed by atoms with van der Waals surface area (Å²) in [6.07, 6.45) is 7.56. The molecule has 0 aromatic rings. The third-order valence-electron chi connectivity index (χ3n) is 3.16. The van der Waals surface area contributed by atoms with Gasteiger partial charge in [0.2, 0.25) is 0 Å². The number of hydrogen-bond donors (Lipinski definition) is 0. The maximum atomic E-state index is 6.44. The van der Waals surface area contributed by atoms with Crippen LogP contribution in [-0.2, 0) is 0 Å². The summed E-state index contributed by atoms with van der Waals surface area (Å²) < 4.78 is 0. The predicted octanol–water partition coefficient (Wildman–Crippen LogP) is 3.40. The fourth-order valence-corrected chi connectivity index (χ4v) is 5.45. The van der Waals surface area contributed by atoms with Crippen LogP contribution >= 0.6 is 11.1 Å². The normalized spacial score (nSPS) is 41.9. The first-order valence-electron chi connectivity index (χ1n) is 4.44. The molecule has 62 valence electrons. The van der Waals surface area contributed by atoms with Gasteiger partial charge in [0.1, 0.15) is 0 Å². The highest BCUT2D eigenvalue weighted by atomic mass is 35.6. The Morgan fingerprint density at radius 3 is 2.27 bits per heavy atom. The molecule has 2 heteroatoms. The zero-order chi connectivity index (χ0) is 8.06. The van der Waals surface area contributed by atoms with Crippen LogP contribution in [0, 0.1) is 11.8 Å². The third-order valence-corrected chi connectivity index (χ3v) is 6.43. The van der Waals surface area contributed by atoms with E-state index in [4.69, 9.17) is 11.1 Å². The summed E-state index contributed by atoms with van der Waals surface area (Å²) in [6, 6.07) is 0. The quantitative estimate of drug-likeness (QED) is 0.335. The van der Waals surface area contributed by atoms with Crippen molar-refractivity contribution < 1.29 is 0 Å². The van der Waals surface area contributed by atoms with Crippen molar-refractivity contribution >= 4 is 18.5 Å². The summed E-state index contributed by atoms with van der Waals surface area (Å²) in [4.78, 5) is 0. The van der Waals surface area contributed by atoms with Crippen LogP contribution < -0.4 is 0 Å². The van der Waals surface area contributed by atoms with Crippen LogP contribution in [0.25, 0.3) is 0 Å². The fourth-order valence-electron chi connectivity index (χ4n) is 2.57. The molecule has 0 N–H and O–H groups in total. The number of allylic oxidation sites excluding steroid dienone is 2. The molecule has 2 rings (SSSR count). The van der Waals surface area contributed by atoms with Crippen LogP contribution in [0.5, 0.6) is 0 Å². The van der Waals surface area contributed by atoms with Gasteiger partial charge in [-0.1, -0.05) is 25.2 Å². The molecular weight excluding hydrogens is 172 g/mol. The first kappa shape index (κ1) is 7.87. The van der Waals surface area contributed by atoms with Crippen molar-refractivity contribution in [3.63, 3.8) is 0 Å². The lowest BCUT2D eigenvalue weighted by Crippen LogP contribution is -2.28. The van der Waals surface area contributed by atoms with Crippen LogP contribution in [-0.4, -0.2) is 7.38 Å². The molecule has 0 saturated heterocycles. The number of hydrogen-bond acceptors (Lipinski definition) is 0. The van der Waals surface area contributed by atoms with E-state index in [2.05, 4.69) is 25.2 Å². The molecule has 2 bridgehead atoms. The van der Waals surface area contributed by atoms with E-state index < -0.39 is 7.38 Å². The Labute approximate surface area is 74.3 Å². The molecule has 0 nitrogen and oxygen atoms in total. The van der Waals surface area contributed by atoms with Crippen molar-refractivity contribution in [3.8, 4) is 0 Å². The molecule has 2 aliphatic rings. The van der Waals surface area contributed by atoms with Crippen LogP contribution in [0.1, 0.15) is 12.8 Å². The maximum absolute atomic E-state index is 6.44. The van der Waals surface area contributed by atoms with Crippen LogP contribution in [0.2, 0.25) is 18.6 Å². The fraction of sp³-hybridized carbons (Fsp3) is 0.778. The molecule has 0 radical (unpaired) electrons. The zero-order valence-corrected chi connectivity index (χ0v) is 8.93. The summed E-state index contributed by atoms with van der Waals surface area (Å²) in [6.45, 7) is 4.57. The molecule has 0 aromatic heterocycles. The molecule has 0 aromatic carbocycles. The van der Waals surface area contributed by atoms with E-state index in [0.717, 1.165) is 17.4 Å². The lowest BCUT2D eigenvalue weighted by atomic mass is 10.1. The second-order valence-corrected chi connectivity index (χ2v) is 11.2. The standard InChI is InChI=1S/C9H15ClSi/c1-11(2,10)9-6-7-3-4-8(9)5-7/h3-4,7-9H,5-6H2,1-2H3. The van der Waals surface area contributed by atoms with Gasteiger partial charge in [0.05, 0.1) is 0 Å². The highest BCUT2D eigenvalue weighted by Gasteiger charge is 2.44. The summed E-state index contributed by atoms with van der Waals surface area (Å²) in [5.41, 5.74) is 0.860. The second-order valence-electron chi connectivity index (χ2n) is 4.45. The molecule has 0 amide bonds. The second kappa shape index (κ2) is 2.37. The number of fused-ring (bicyclic) bond motifs is 2. The van der Waals surface area contributed by atoms with Gasteiger partial charge in [-0.15, -0.1) is 0 Å². The van der Waals surface area contributed by atoms with Crippen molar-refractivity contribution in [2.24, 2.45) is 11.8 Å². The Morgan fingerprint density at radius 1 is 1.27 bits per heavy atom. The molecule has 1 saturated carbocycles. The highest BCUT2D eigenvalue weighted by molar-refractivity contribution is 7.19. The lowest BCUT2D eigenvalue weighted by Gasteiger charge is -2.27. The van der Waals surface area contributed by atoms with Crippen molar-refractivity contribution in [1.82, 2.24) is 0 Å². The molecular formula is C9H15ClSi. The molecule has 2 aliphatic carbocycles. The van der Waals surface area contributed by atoms with Crippen molar-refractivity contribution in [2.75, 3.05) is 0 Å². The zero-order valence-electron chi connectivity index (χ0n) is 7.18. The third kappa shape index (κ3) is 1.29. The van der Waals surface area contributed by atoms with Gasteiger partial charge in [0.15, 0.2) is 7.38 Å². The van der Waals surface area contributed by atoms with Gasteiger partial charge in [-0.2, -0.15) is 11.1 Å². The van der Waals surface area contributed by atoms with E-state index >= 15 is 0 Å². The van der Waals surface area contributed by atoms with Gasteiger partial charge in [-0.3, -0.25) is 0 Å². The Morgan fingerprint density at radius 2 is 2.00 bits per heavy atom. The Bertz CT molecular complexity index is 192. The Hall–Kier alpha value is 0.247. The summed E-state index contributed by atoms with van der Waals surface area (Å²) in [5, 5.41) is 0. The van der Waals surface area contributed by atoms with Gasteiger partial charge in [0.25, 0.3) is 0 Å². The average Bonchev–Trinajstić information content (AvgIpc) is 2.42. The first-order valence-corrected chi connectivity index (χ1v) is 8.53. The van der Waals surface area contributed by atoms with Crippen LogP contribution in [0.3, 0.4) is 0 Å². The van der Waals surface area contributed by atoms with Crippen molar-refractivity contribution in [2.45, 2.75) is 31.5 Å². The molecule has 3 unspecified atom stereocenters. The monoisotopic (exact) mass is 186 g/mol. The van der Waals surface area contributed by atoms with Crippen LogP contribution in [0.4, 0.5) is 0 Å². The molecule has 1 fully saturated rings. The van der Waals surface area contributed by atoms with Gasteiger partial charge in [-0.05, 0) is 30.2 Å². The first-order chi connectivity index (χ1) is 5.07. The number of halogens is 1. The SMILES string of the molecule is C[Si](C)(Cl)C1CC2C=CC1C2. The minimum Gasteiger partial charge on any atom is -0.167 e. The minimum absolute atomic E-state index is 0.846. The summed E-state index contributed by atoms with van der Waals surface area (Å²) in [5.74, 6) is 1.73. The predicted molar refractivity (Wildman–Crippen MR) is 52.4 cm³/mol. The van der Waals surface area contributed by atoms with Gasteiger partial charge >= 0.3 is 0 Å². The van der Waals surface area contributed by atoms with Gasteiger partial charge in [-0.25, -0.2) is 0 Å². The maximum Gasteiger partial charge on any atom is 0.154 e. The average molecular weight is 187 g/mol. The van der Waals surface area contributed by atoms with Crippen LogP contribution in [0.15, 0.2) is 12.2 Å². The summed E-state index contributed by atoms with van der Waals surface area (Å²) in [7, 11) is -1.36. The van der Waals surface area contributed by atoms with E-state index in [1.54, 1.807) is 0 Å². The highest BCUT2D eigenvalue weighted by Crippen LogP contribution is 2.52. The molecule has 0 aliphatic heterocycles. The largest absolute Gasteiger partial charge is 0.167 e. The molecule has 0 heterocycles. The number of rotatable bonds is 1. The van der Waals surface area contributed by atoms with E-state index in [9.17, 15) is 0 Å².